The van der Waals surface area contributed by atoms with Crippen molar-refractivity contribution in [1.29, 1.82) is 0 Å². The van der Waals surface area contributed by atoms with Gasteiger partial charge in [0.25, 0.3) is 5.91 Å². The Hall–Kier alpha value is -2.93. The molecule has 2 heterocycles. The van der Waals surface area contributed by atoms with E-state index >= 15 is 0 Å². The van der Waals surface area contributed by atoms with Crippen molar-refractivity contribution in [1.82, 2.24) is 10.5 Å². The number of aliphatic imine (C=N–C) groups is 1. The highest BCUT2D eigenvalue weighted by Crippen LogP contribution is 2.41. The van der Waals surface area contributed by atoms with Crippen LogP contribution in [-0.2, 0) is 0 Å². The molecule has 136 valence electrons. The predicted octanol–water partition coefficient (Wildman–Crippen LogP) is 4.59. The summed E-state index contributed by atoms with van der Waals surface area (Å²) in [5, 5.41) is 6.72. The summed E-state index contributed by atoms with van der Waals surface area (Å²) in [6, 6.07) is 11.5. The molecule has 3 aromatic rings. The largest absolute Gasteiger partial charge is 0.353 e. The average molecular weight is 381 g/mol. The molecule has 0 bridgehead atoms. The average Bonchev–Trinajstić information content (AvgIpc) is 3.06. The van der Waals surface area contributed by atoms with Crippen LogP contribution in [-0.4, -0.2) is 23.3 Å². The Kier molecular flexibility index (Phi) is 4.77. The summed E-state index contributed by atoms with van der Waals surface area (Å²) >= 11 is 1.45. The van der Waals surface area contributed by atoms with Crippen molar-refractivity contribution in [2.24, 2.45) is 4.99 Å². The zero-order valence-corrected chi connectivity index (χ0v) is 15.3. The van der Waals surface area contributed by atoms with Crippen LogP contribution in [0.25, 0.3) is 0 Å². The van der Waals surface area contributed by atoms with Gasteiger partial charge in [-0.1, -0.05) is 36.0 Å². The molecule has 1 aliphatic rings. The van der Waals surface area contributed by atoms with E-state index in [0.717, 1.165) is 16.2 Å². The van der Waals surface area contributed by atoms with Gasteiger partial charge >= 0.3 is 0 Å². The minimum atomic E-state index is -0.360. The summed E-state index contributed by atoms with van der Waals surface area (Å²) in [6.45, 7) is 2.61. The smallest absolute Gasteiger partial charge is 0.251 e. The van der Waals surface area contributed by atoms with Gasteiger partial charge in [-0.2, -0.15) is 0 Å². The van der Waals surface area contributed by atoms with Gasteiger partial charge in [-0.3, -0.25) is 4.79 Å². The summed E-state index contributed by atoms with van der Waals surface area (Å²) in [7, 11) is 0. The first-order chi connectivity index (χ1) is 13.2. The van der Waals surface area contributed by atoms with Gasteiger partial charge < -0.3 is 9.84 Å². The molecule has 0 spiro atoms. The van der Waals surface area contributed by atoms with Crippen LogP contribution in [0, 0.1) is 5.82 Å². The molecule has 0 unspecified atom stereocenters. The number of nitrogens with zero attached hydrogens (tertiary/aromatic N) is 2. The SMILES string of the molecule is CCCNC(=O)c1ccc2c(c1)N=C(c1cccc(F)c1)c1oncc1S2. The molecule has 5 nitrogen and oxygen atoms in total. The van der Waals surface area contributed by atoms with Crippen molar-refractivity contribution in [3.8, 4) is 0 Å². The molecular weight excluding hydrogens is 365 g/mol. The summed E-state index contributed by atoms with van der Waals surface area (Å²) in [6.07, 6.45) is 2.48. The van der Waals surface area contributed by atoms with Gasteiger partial charge in [-0.15, -0.1) is 0 Å². The molecule has 1 aliphatic heterocycles. The summed E-state index contributed by atoms with van der Waals surface area (Å²) in [4.78, 5) is 18.7. The van der Waals surface area contributed by atoms with Gasteiger partial charge in [0, 0.05) is 22.6 Å². The minimum absolute atomic E-state index is 0.144. The lowest BCUT2D eigenvalue weighted by atomic mass is 10.1. The molecule has 0 radical (unpaired) electrons. The number of nitrogens with one attached hydrogen (secondary N) is 1. The fraction of sp³-hybridized carbons (Fsp3) is 0.150. The summed E-state index contributed by atoms with van der Waals surface area (Å²) in [5.41, 5.74) is 2.23. The topological polar surface area (TPSA) is 67.5 Å². The van der Waals surface area contributed by atoms with Gasteiger partial charge in [0.2, 0.25) is 0 Å². The number of fused-ring (bicyclic) bond motifs is 2. The molecule has 1 N–H and O–H groups in total. The molecule has 2 aromatic carbocycles. The van der Waals surface area contributed by atoms with Crippen molar-refractivity contribution in [2.75, 3.05) is 6.54 Å². The number of aromatic nitrogens is 1. The Morgan fingerprint density at radius 3 is 2.93 bits per heavy atom. The van der Waals surface area contributed by atoms with Crippen LogP contribution in [0.1, 0.15) is 35.0 Å². The van der Waals surface area contributed by atoms with E-state index in [0.29, 0.717) is 34.8 Å². The van der Waals surface area contributed by atoms with Crippen LogP contribution in [0.15, 0.2) is 68.0 Å². The van der Waals surface area contributed by atoms with E-state index in [4.69, 9.17) is 9.52 Å². The molecule has 7 heteroatoms. The van der Waals surface area contributed by atoms with Crippen LogP contribution in [0.5, 0.6) is 0 Å². The number of carbonyl (C=O) groups excluding carboxylic acids is 1. The normalized spacial score (nSPS) is 12.6. The lowest BCUT2D eigenvalue weighted by molar-refractivity contribution is 0.0953. The third kappa shape index (κ3) is 3.50. The Morgan fingerprint density at radius 1 is 1.22 bits per heavy atom. The first-order valence-corrected chi connectivity index (χ1v) is 9.37. The Balaban J connectivity index is 1.82. The predicted molar refractivity (Wildman–Crippen MR) is 101 cm³/mol. The Bertz CT molecular complexity index is 1050. The summed E-state index contributed by atoms with van der Waals surface area (Å²) in [5.74, 6) is -0.0189. The maximum Gasteiger partial charge on any atom is 0.251 e. The highest BCUT2D eigenvalue weighted by molar-refractivity contribution is 7.99. The second kappa shape index (κ2) is 7.36. The number of amides is 1. The number of benzene rings is 2. The number of hydrogen-bond donors (Lipinski definition) is 1. The van der Waals surface area contributed by atoms with Crippen LogP contribution >= 0.6 is 11.8 Å². The first kappa shape index (κ1) is 17.5. The molecule has 4 rings (SSSR count). The van der Waals surface area contributed by atoms with Crippen LogP contribution < -0.4 is 5.32 Å². The van der Waals surface area contributed by atoms with Crippen molar-refractivity contribution < 1.29 is 13.7 Å². The first-order valence-electron chi connectivity index (χ1n) is 8.55. The highest BCUT2D eigenvalue weighted by atomic mass is 32.2. The molecule has 0 atom stereocenters. The lowest BCUT2D eigenvalue weighted by Crippen LogP contribution is -2.23. The summed E-state index contributed by atoms with van der Waals surface area (Å²) < 4.78 is 19.2. The third-order valence-corrected chi connectivity index (χ3v) is 5.14. The minimum Gasteiger partial charge on any atom is -0.353 e. The van der Waals surface area contributed by atoms with Crippen LogP contribution in [0.2, 0.25) is 0 Å². The molecule has 0 aliphatic carbocycles. The Labute approximate surface area is 159 Å². The van der Waals surface area contributed by atoms with Crippen molar-refractivity contribution in [3.63, 3.8) is 0 Å². The van der Waals surface area contributed by atoms with Gasteiger partial charge in [0.1, 0.15) is 11.5 Å². The van der Waals surface area contributed by atoms with Crippen molar-refractivity contribution >= 4 is 29.1 Å². The maximum absolute atomic E-state index is 13.8. The van der Waals surface area contributed by atoms with E-state index in [1.165, 1.54) is 23.9 Å². The zero-order chi connectivity index (χ0) is 18.8. The van der Waals surface area contributed by atoms with E-state index in [2.05, 4.69) is 10.5 Å². The molecule has 1 amide bonds. The quantitative estimate of drug-likeness (QED) is 0.562. The molecule has 0 fully saturated rings. The van der Waals surface area contributed by atoms with Gasteiger partial charge in [-0.25, -0.2) is 9.38 Å². The number of carbonyl (C=O) groups is 1. The van der Waals surface area contributed by atoms with E-state index in [-0.39, 0.29) is 11.7 Å². The number of rotatable bonds is 4. The second-order valence-corrected chi connectivity index (χ2v) is 7.11. The maximum atomic E-state index is 13.8. The molecule has 0 saturated carbocycles. The fourth-order valence-electron chi connectivity index (χ4n) is 2.76. The van der Waals surface area contributed by atoms with Crippen LogP contribution in [0.3, 0.4) is 0 Å². The molecule has 1 aromatic heterocycles. The molecular formula is C20H16FN3O2S. The van der Waals surface area contributed by atoms with Crippen LogP contribution in [0.4, 0.5) is 10.1 Å². The highest BCUT2D eigenvalue weighted by Gasteiger charge is 2.24. The van der Waals surface area contributed by atoms with E-state index < -0.39 is 0 Å². The zero-order valence-electron chi connectivity index (χ0n) is 14.5. The van der Waals surface area contributed by atoms with Crippen molar-refractivity contribution in [2.45, 2.75) is 23.1 Å². The fourth-order valence-corrected chi connectivity index (χ4v) is 3.66. The van der Waals surface area contributed by atoms with Gasteiger partial charge in [0.15, 0.2) is 5.76 Å². The van der Waals surface area contributed by atoms with Gasteiger partial charge in [0.05, 0.1) is 16.8 Å². The Morgan fingerprint density at radius 2 is 2.11 bits per heavy atom. The van der Waals surface area contributed by atoms with Crippen molar-refractivity contribution in [3.05, 3.63) is 71.4 Å². The standard InChI is InChI=1S/C20H16FN3O2S/c1-2-8-22-20(25)13-6-7-16-15(10-13)24-18(12-4-3-5-14(21)9-12)19-17(27-16)11-23-26-19/h3-7,9-11H,2,8H2,1H3,(H,22,25). The number of halogens is 1. The lowest BCUT2D eigenvalue weighted by Gasteiger charge is -2.07. The third-order valence-electron chi connectivity index (χ3n) is 4.06. The molecule has 27 heavy (non-hydrogen) atoms. The number of hydrogen-bond acceptors (Lipinski definition) is 5. The van der Waals surface area contributed by atoms with E-state index in [9.17, 15) is 9.18 Å². The van der Waals surface area contributed by atoms with E-state index in [1.807, 2.05) is 13.0 Å². The second-order valence-electron chi connectivity index (χ2n) is 6.03. The van der Waals surface area contributed by atoms with E-state index in [1.54, 1.807) is 30.5 Å². The monoisotopic (exact) mass is 381 g/mol. The van der Waals surface area contributed by atoms with Gasteiger partial charge in [-0.05, 0) is 36.8 Å². The molecule has 0 saturated heterocycles.